The van der Waals surface area contributed by atoms with Crippen LogP contribution in [0.25, 0.3) is 11.6 Å². The Balaban J connectivity index is 2.48. The molecule has 0 unspecified atom stereocenters. The van der Waals surface area contributed by atoms with Gasteiger partial charge in [-0.1, -0.05) is 49.1 Å². The van der Waals surface area contributed by atoms with Crippen molar-refractivity contribution in [2.75, 3.05) is 0 Å². The minimum Gasteiger partial charge on any atom is -0.256 e. The predicted octanol–water partition coefficient (Wildman–Crippen LogP) is 3.62. The standard InChI is InChI=1S/C14H13N/c1-12-8-5-3-2-4-6-9-13-10-7-11-15-14(12)13/h2-3,5-11H,1,4H2/b3-2-,8-5-,9-6-. The van der Waals surface area contributed by atoms with E-state index < -0.39 is 0 Å². The van der Waals surface area contributed by atoms with Gasteiger partial charge in [0.25, 0.3) is 0 Å². The first-order chi connectivity index (χ1) is 7.38. The first kappa shape index (κ1) is 9.66. The Kier molecular flexibility index (Phi) is 2.93. The Morgan fingerprint density at radius 2 is 2.07 bits per heavy atom. The number of nitrogens with zero attached hydrogens (tertiary/aromatic N) is 1. The molecular formula is C14H13N. The molecule has 0 aromatic carbocycles. The number of hydrogen-bond donors (Lipinski definition) is 0. The summed E-state index contributed by atoms with van der Waals surface area (Å²) in [5, 5.41) is 0. The average molecular weight is 195 g/mol. The van der Waals surface area contributed by atoms with Crippen molar-refractivity contribution in [3.05, 3.63) is 66.5 Å². The minimum absolute atomic E-state index is 0.946. The molecular weight excluding hydrogens is 182 g/mol. The van der Waals surface area contributed by atoms with Crippen LogP contribution in [-0.2, 0) is 0 Å². The van der Waals surface area contributed by atoms with Crippen LogP contribution in [-0.4, -0.2) is 4.98 Å². The third-order valence-electron chi connectivity index (χ3n) is 2.26. The second kappa shape index (κ2) is 4.56. The Labute approximate surface area is 90.2 Å². The van der Waals surface area contributed by atoms with E-state index >= 15 is 0 Å². The van der Waals surface area contributed by atoms with Crippen LogP contribution in [0.2, 0.25) is 0 Å². The summed E-state index contributed by atoms with van der Waals surface area (Å²) >= 11 is 0. The van der Waals surface area contributed by atoms with Gasteiger partial charge < -0.3 is 0 Å². The lowest BCUT2D eigenvalue weighted by atomic mass is 10.1. The lowest BCUT2D eigenvalue weighted by molar-refractivity contribution is 1.26. The maximum absolute atomic E-state index is 4.35. The summed E-state index contributed by atoms with van der Waals surface area (Å²) in [6.45, 7) is 4.01. The monoisotopic (exact) mass is 195 g/mol. The first-order valence-corrected chi connectivity index (χ1v) is 5.02. The van der Waals surface area contributed by atoms with E-state index in [1.54, 1.807) is 6.20 Å². The molecule has 0 saturated heterocycles. The molecule has 1 heteroatoms. The molecule has 0 saturated carbocycles. The number of hydrogen-bond acceptors (Lipinski definition) is 1. The van der Waals surface area contributed by atoms with Gasteiger partial charge in [-0.2, -0.15) is 0 Å². The third kappa shape index (κ3) is 2.32. The molecule has 1 nitrogen and oxygen atoms in total. The van der Waals surface area contributed by atoms with Crippen LogP contribution in [0.1, 0.15) is 17.7 Å². The average Bonchev–Trinajstić information content (AvgIpc) is 2.28. The lowest BCUT2D eigenvalue weighted by Crippen LogP contribution is -1.90. The van der Waals surface area contributed by atoms with E-state index in [0.29, 0.717) is 0 Å². The molecule has 0 N–H and O–H groups in total. The van der Waals surface area contributed by atoms with Crippen LogP contribution in [0.3, 0.4) is 0 Å². The summed E-state index contributed by atoms with van der Waals surface area (Å²) in [4.78, 5) is 4.35. The second-order valence-electron chi connectivity index (χ2n) is 3.39. The van der Waals surface area contributed by atoms with Crippen molar-refractivity contribution in [2.24, 2.45) is 0 Å². The fourth-order valence-electron chi connectivity index (χ4n) is 1.50. The smallest absolute Gasteiger partial charge is 0.0768 e. The fraction of sp³-hybridized carbons (Fsp3) is 0.0714. The number of pyridine rings is 1. The Hall–Kier alpha value is -1.89. The molecule has 2 rings (SSSR count). The molecule has 0 fully saturated rings. The second-order valence-corrected chi connectivity index (χ2v) is 3.39. The molecule has 0 spiro atoms. The third-order valence-corrected chi connectivity index (χ3v) is 2.26. The normalized spacial score (nSPS) is 21.5. The number of aromatic nitrogens is 1. The van der Waals surface area contributed by atoms with Crippen molar-refractivity contribution in [1.29, 1.82) is 0 Å². The highest BCUT2D eigenvalue weighted by Crippen LogP contribution is 2.18. The van der Waals surface area contributed by atoms with Crippen molar-refractivity contribution in [3.8, 4) is 0 Å². The van der Waals surface area contributed by atoms with Crippen LogP contribution in [0, 0.1) is 0 Å². The molecule has 0 bridgehead atoms. The van der Waals surface area contributed by atoms with Crippen molar-refractivity contribution < 1.29 is 0 Å². The lowest BCUT2D eigenvalue weighted by Gasteiger charge is -2.04. The van der Waals surface area contributed by atoms with Crippen LogP contribution in [0.15, 0.2) is 55.3 Å². The Morgan fingerprint density at radius 3 is 3.00 bits per heavy atom. The number of rotatable bonds is 0. The van der Waals surface area contributed by atoms with Crippen LogP contribution in [0.5, 0.6) is 0 Å². The molecule has 15 heavy (non-hydrogen) atoms. The van der Waals surface area contributed by atoms with Gasteiger partial charge in [0, 0.05) is 11.8 Å². The molecule has 0 aliphatic heterocycles. The van der Waals surface area contributed by atoms with E-state index in [1.807, 2.05) is 24.3 Å². The highest BCUT2D eigenvalue weighted by Gasteiger charge is 2.01. The first-order valence-electron chi connectivity index (χ1n) is 5.02. The van der Waals surface area contributed by atoms with E-state index in [1.165, 1.54) is 0 Å². The molecule has 1 aliphatic carbocycles. The van der Waals surface area contributed by atoms with E-state index in [9.17, 15) is 0 Å². The van der Waals surface area contributed by atoms with Gasteiger partial charge in [-0.25, -0.2) is 0 Å². The van der Waals surface area contributed by atoms with Crippen molar-refractivity contribution in [3.63, 3.8) is 0 Å². The zero-order valence-electron chi connectivity index (χ0n) is 8.56. The zero-order chi connectivity index (χ0) is 10.5. The van der Waals surface area contributed by atoms with Crippen LogP contribution < -0.4 is 0 Å². The van der Waals surface area contributed by atoms with Gasteiger partial charge in [-0.3, -0.25) is 4.98 Å². The minimum atomic E-state index is 0.946. The molecule has 1 aromatic rings. The predicted molar refractivity (Wildman–Crippen MR) is 65.2 cm³/mol. The topological polar surface area (TPSA) is 12.9 Å². The maximum atomic E-state index is 4.35. The van der Waals surface area contributed by atoms with E-state index in [0.717, 1.165) is 23.3 Å². The van der Waals surface area contributed by atoms with Gasteiger partial charge in [-0.05, 0) is 18.1 Å². The molecule has 74 valence electrons. The van der Waals surface area contributed by atoms with Gasteiger partial charge in [0.05, 0.1) is 5.69 Å². The van der Waals surface area contributed by atoms with Crippen molar-refractivity contribution in [2.45, 2.75) is 6.42 Å². The molecule has 1 heterocycles. The van der Waals surface area contributed by atoms with Crippen LogP contribution in [0.4, 0.5) is 0 Å². The molecule has 0 amide bonds. The fourth-order valence-corrected chi connectivity index (χ4v) is 1.50. The molecule has 1 aromatic heterocycles. The van der Waals surface area contributed by atoms with Gasteiger partial charge in [0.1, 0.15) is 0 Å². The van der Waals surface area contributed by atoms with Gasteiger partial charge in [0.2, 0.25) is 0 Å². The highest BCUT2D eigenvalue weighted by molar-refractivity contribution is 5.76. The summed E-state index contributed by atoms with van der Waals surface area (Å²) in [6, 6.07) is 4.00. The SMILES string of the molecule is C=C1/C=C\C=C/C/C=C\c2cccnc21. The molecule has 1 aliphatic rings. The molecule has 0 atom stereocenters. The summed E-state index contributed by atoms with van der Waals surface area (Å²) in [5.74, 6) is 0. The zero-order valence-corrected chi connectivity index (χ0v) is 8.56. The van der Waals surface area contributed by atoms with Crippen molar-refractivity contribution >= 4 is 11.6 Å². The summed E-state index contributed by atoms with van der Waals surface area (Å²) in [7, 11) is 0. The summed E-state index contributed by atoms with van der Waals surface area (Å²) < 4.78 is 0. The Bertz CT molecular complexity index is 450. The summed E-state index contributed by atoms with van der Waals surface area (Å²) in [5.41, 5.74) is 3.03. The Morgan fingerprint density at radius 1 is 1.13 bits per heavy atom. The number of fused-ring (bicyclic) bond motifs is 1. The van der Waals surface area contributed by atoms with Gasteiger partial charge in [0.15, 0.2) is 0 Å². The maximum Gasteiger partial charge on any atom is 0.0768 e. The van der Waals surface area contributed by atoms with E-state index in [-0.39, 0.29) is 0 Å². The van der Waals surface area contributed by atoms with E-state index in [2.05, 4.69) is 35.9 Å². The van der Waals surface area contributed by atoms with Crippen LogP contribution >= 0.6 is 0 Å². The summed E-state index contributed by atoms with van der Waals surface area (Å²) in [6.07, 6.45) is 15.1. The quantitative estimate of drug-likeness (QED) is 0.616. The van der Waals surface area contributed by atoms with Crippen molar-refractivity contribution in [1.82, 2.24) is 4.98 Å². The molecule has 0 radical (unpaired) electrons. The van der Waals surface area contributed by atoms with E-state index in [4.69, 9.17) is 0 Å². The largest absolute Gasteiger partial charge is 0.256 e. The number of allylic oxidation sites excluding steroid dienone is 6. The van der Waals surface area contributed by atoms with Gasteiger partial charge in [-0.15, -0.1) is 0 Å². The van der Waals surface area contributed by atoms with Gasteiger partial charge >= 0.3 is 0 Å². The highest BCUT2D eigenvalue weighted by atomic mass is 14.7.